The molecule has 1 heterocycles. The predicted molar refractivity (Wildman–Crippen MR) is 71.4 cm³/mol. The summed E-state index contributed by atoms with van der Waals surface area (Å²) < 4.78 is 1.11. The van der Waals surface area contributed by atoms with Gasteiger partial charge in [0.1, 0.15) is 0 Å². The van der Waals surface area contributed by atoms with Crippen LogP contribution in [-0.2, 0) is 4.79 Å². The van der Waals surface area contributed by atoms with E-state index < -0.39 is 5.41 Å². The molecule has 0 spiro atoms. The standard InChI is InChI=1S/C11H17BrN2OS/c1-7(9-8(12)4-5-16-9)14-6-11(2,3)10(13)15/h4-5,7,14H,6H2,1-3H3,(H2,13,15). The van der Waals surface area contributed by atoms with Crippen LogP contribution in [0.4, 0.5) is 0 Å². The number of amides is 1. The number of rotatable bonds is 5. The summed E-state index contributed by atoms with van der Waals surface area (Å²) in [5, 5.41) is 5.37. The molecule has 3 nitrogen and oxygen atoms in total. The van der Waals surface area contributed by atoms with Gasteiger partial charge in [-0.2, -0.15) is 0 Å². The first kappa shape index (κ1) is 13.7. The lowest BCUT2D eigenvalue weighted by Gasteiger charge is -2.23. The largest absolute Gasteiger partial charge is 0.369 e. The maximum absolute atomic E-state index is 11.2. The van der Waals surface area contributed by atoms with Gasteiger partial charge in [-0.25, -0.2) is 0 Å². The molecule has 0 fully saturated rings. The molecule has 0 aliphatic carbocycles. The quantitative estimate of drug-likeness (QED) is 0.879. The van der Waals surface area contributed by atoms with Crippen LogP contribution in [0.5, 0.6) is 0 Å². The van der Waals surface area contributed by atoms with Crippen molar-refractivity contribution < 1.29 is 4.79 Å². The third-order valence-corrected chi connectivity index (χ3v) is 4.61. The summed E-state index contributed by atoms with van der Waals surface area (Å²) in [5.41, 5.74) is 4.80. The van der Waals surface area contributed by atoms with E-state index in [-0.39, 0.29) is 11.9 Å². The zero-order chi connectivity index (χ0) is 12.3. The van der Waals surface area contributed by atoms with Crippen molar-refractivity contribution in [3.05, 3.63) is 20.8 Å². The maximum Gasteiger partial charge on any atom is 0.224 e. The Morgan fingerprint density at radius 3 is 2.75 bits per heavy atom. The van der Waals surface area contributed by atoms with Gasteiger partial charge in [0.2, 0.25) is 5.91 Å². The zero-order valence-corrected chi connectivity index (χ0v) is 12.1. The molecule has 0 aliphatic rings. The Morgan fingerprint density at radius 1 is 1.69 bits per heavy atom. The van der Waals surface area contributed by atoms with Gasteiger partial charge in [0.05, 0.1) is 5.41 Å². The summed E-state index contributed by atoms with van der Waals surface area (Å²) in [7, 11) is 0. The molecule has 16 heavy (non-hydrogen) atoms. The highest BCUT2D eigenvalue weighted by Crippen LogP contribution is 2.29. The van der Waals surface area contributed by atoms with E-state index >= 15 is 0 Å². The van der Waals surface area contributed by atoms with Crippen molar-refractivity contribution in [2.24, 2.45) is 11.1 Å². The molecule has 3 N–H and O–H groups in total. The van der Waals surface area contributed by atoms with Crippen LogP contribution in [-0.4, -0.2) is 12.5 Å². The maximum atomic E-state index is 11.2. The number of primary amides is 1. The summed E-state index contributed by atoms with van der Waals surface area (Å²) in [6, 6.07) is 2.24. The first-order valence-corrected chi connectivity index (χ1v) is 6.78. The van der Waals surface area contributed by atoms with Crippen LogP contribution >= 0.6 is 27.3 Å². The fraction of sp³-hybridized carbons (Fsp3) is 0.545. The van der Waals surface area contributed by atoms with Crippen molar-refractivity contribution in [3.8, 4) is 0 Å². The molecule has 1 amide bonds. The van der Waals surface area contributed by atoms with Gasteiger partial charge in [-0.05, 0) is 48.1 Å². The van der Waals surface area contributed by atoms with E-state index in [2.05, 4.69) is 28.2 Å². The average molecular weight is 305 g/mol. The van der Waals surface area contributed by atoms with E-state index in [0.717, 1.165) is 4.47 Å². The Bertz CT molecular complexity index is 376. The number of thiophene rings is 1. The molecule has 0 saturated carbocycles. The lowest BCUT2D eigenvalue weighted by Crippen LogP contribution is -2.41. The van der Waals surface area contributed by atoms with E-state index in [1.165, 1.54) is 4.88 Å². The minimum atomic E-state index is -0.516. The molecule has 0 aliphatic heterocycles. The number of carbonyl (C=O) groups excluding carboxylic acids is 1. The monoisotopic (exact) mass is 304 g/mol. The fourth-order valence-corrected chi connectivity index (χ4v) is 2.95. The molecule has 90 valence electrons. The van der Waals surface area contributed by atoms with Crippen LogP contribution in [0.2, 0.25) is 0 Å². The molecular weight excluding hydrogens is 288 g/mol. The number of nitrogens with two attached hydrogens (primary N) is 1. The van der Waals surface area contributed by atoms with Crippen LogP contribution in [0, 0.1) is 5.41 Å². The Morgan fingerprint density at radius 2 is 2.31 bits per heavy atom. The van der Waals surface area contributed by atoms with E-state index in [1.54, 1.807) is 11.3 Å². The predicted octanol–water partition coefficient (Wildman–Crippen LogP) is 2.67. The molecule has 1 unspecified atom stereocenters. The summed E-state index contributed by atoms with van der Waals surface area (Å²) in [6.45, 7) is 6.35. The Hall–Kier alpha value is -0.390. The van der Waals surface area contributed by atoms with Gasteiger partial charge in [0, 0.05) is 21.9 Å². The minimum absolute atomic E-state index is 0.216. The van der Waals surface area contributed by atoms with Gasteiger partial charge < -0.3 is 11.1 Å². The normalized spacial score (nSPS) is 13.8. The van der Waals surface area contributed by atoms with Crippen molar-refractivity contribution in [1.82, 2.24) is 5.32 Å². The summed E-state index contributed by atoms with van der Waals surface area (Å²) in [4.78, 5) is 12.4. The second kappa shape index (κ2) is 5.29. The third kappa shape index (κ3) is 3.30. The van der Waals surface area contributed by atoms with E-state index in [9.17, 15) is 4.79 Å². The molecular formula is C11H17BrN2OS. The second-order valence-corrected chi connectivity index (χ2v) is 6.29. The number of carbonyl (C=O) groups is 1. The van der Waals surface area contributed by atoms with Crippen molar-refractivity contribution in [3.63, 3.8) is 0 Å². The summed E-state index contributed by atoms with van der Waals surface area (Å²) in [5.74, 6) is -0.280. The van der Waals surface area contributed by atoms with E-state index in [4.69, 9.17) is 5.73 Å². The third-order valence-electron chi connectivity index (χ3n) is 2.56. The van der Waals surface area contributed by atoms with Crippen LogP contribution in [0.3, 0.4) is 0 Å². The van der Waals surface area contributed by atoms with E-state index in [1.807, 2.05) is 25.3 Å². The van der Waals surface area contributed by atoms with Gasteiger partial charge in [-0.15, -0.1) is 11.3 Å². The number of halogens is 1. The van der Waals surface area contributed by atoms with Crippen LogP contribution in [0.25, 0.3) is 0 Å². The fourth-order valence-electron chi connectivity index (χ4n) is 1.20. The first-order valence-electron chi connectivity index (χ1n) is 5.11. The van der Waals surface area contributed by atoms with Gasteiger partial charge in [0.15, 0.2) is 0 Å². The zero-order valence-electron chi connectivity index (χ0n) is 9.71. The number of hydrogen-bond acceptors (Lipinski definition) is 3. The Labute approximate surface area is 109 Å². The minimum Gasteiger partial charge on any atom is -0.369 e. The Balaban J connectivity index is 2.57. The van der Waals surface area contributed by atoms with Crippen molar-refractivity contribution in [2.45, 2.75) is 26.8 Å². The van der Waals surface area contributed by atoms with E-state index in [0.29, 0.717) is 6.54 Å². The second-order valence-electron chi connectivity index (χ2n) is 4.48. The van der Waals surface area contributed by atoms with Crippen LogP contribution < -0.4 is 11.1 Å². The molecule has 1 aromatic heterocycles. The summed E-state index contributed by atoms with van der Waals surface area (Å²) in [6.07, 6.45) is 0. The Kier molecular flexibility index (Phi) is 4.52. The highest BCUT2D eigenvalue weighted by atomic mass is 79.9. The lowest BCUT2D eigenvalue weighted by atomic mass is 9.92. The average Bonchev–Trinajstić information content (AvgIpc) is 2.61. The molecule has 0 radical (unpaired) electrons. The van der Waals surface area contributed by atoms with Gasteiger partial charge in [0.25, 0.3) is 0 Å². The topological polar surface area (TPSA) is 55.1 Å². The van der Waals surface area contributed by atoms with Crippen molar-refractivity contribution in [1.29, 1.82) is 0 Å². The van der Waals surface area contributed by atoms with Crippen LogP contribution in [0.1, 0.15) is 31.7 Å². The first-order chi connectivity index (χ1) is 7.34. The molecule has 1 atom stereocenters. The highest BCUT2D eigenvalue weighted by molar-refractivity contribution is 9.10. The SMILES string of the molecule is CC(NCC(C)(C)C(N)=O)c1sccc1Br. The molecule has 1 rings (SSSR count). The molecule has 5 heteroatoms. The molecule has 0 aromatic carbocycles. The smallest absolute Gasteiger partial charge is 0.224 e. The number of hydrogen-bond donors (Lipinski definition) is 2. The highest BCUT2D eigenvalue weighted by Gasteiger charge is 2.25. The van der Waals surface area contributed by atoms with Gasteiger partial charge in [-0.1, -0.05) is 0 Å². The van der Waals surface area contributed by atoms with Crippen molar-refractivity contribution >= 4 is 33.2 Å². The molecule has 1 aromatic rings. The molecule has 0 bridgehead atoms. The summed E-state index contributed by atoms with van der Waals surface area (Å²) >= 11 is 5.19. The van der Waals surface area contributed by atoms with Gasteiger partial charge in [-0.3, -0.25) is 4.79 Å². The lowest BCUT2D eigenvalue weighted by molar-refractivity contribution is -0.125. The van der Waals surface area contributed by atoms with Crippen molar-refractivity contribution in [2.75, 3.05) is 6.54 Å². The van der Waals surface area contributed by atoms with Gasteiger partial charge >= 0.3 is 0 Å². The van der Waals surface area contributed by atoms with Crippen LogP contribution in [0.15, 0.2) is 15.9 Å². The molecule has 0 saturated heterocycles. The number of nitrogens with one attached hydrogen (secondary N) is 1.